The molecule has 4 heteroatoms. The molecule has 0 saturated carbocycles. The summed E-state index contributed by atoms with van der Waals surface area (Å²) in [6.45, 7) is 1.65. The average molecular weight is 271 g/mol. The van der Waals surface area contributed by atoms with E-state index in [2.05, 4.69) is 16.9 Å². The van der Waals surface area contributed by atoms with Gasteiger partial charge >= 0.3 is 0 Å². The van der Waals surface area contributed by atoms with Gasteiger partial charge in [-0.3, -0.25) is 4.98 Å². The Hall–Kier alpha value is -1.91. The van der Waals surface area contributed by atoms with Crippen molar-refractivity contribution in [1.82, 2.24) is 9.88 Å². The highest BCUT2D eigenvalue weighted by molar-refractivity contribution is 5.30. The fraction of sp³-hybridized carbons (Fsp3) is 0.312. The third-order valence-corrected chi connectivity index (χ3v) is 3.23. The number of nitrogens with two attached hydrogens (primary N) is 1. The SMILES string of the molecule is COc1cccc(C(N)CN(C)Cc2ccncc2)c1. The molecular weight excluding hydrogens is 250 g/mol. The van der Waals surface area contributed by atoms with Gasteiger partial charge in [0.1, 0.15) is 5.75 Å². The first-order valence-corrected chi connectivity index (χ1v) is 6.66. The fourth-order valence-electron chi connectivity index (χ4n) is 2.18. The number of ether oxygens (including phenoxy) is 1. The van der Waals surface area contributed by atoms with Crippen molar-refractivity contribution in [3.8, 4) is 5.75 Å². The van der Waals surface area contributed by atoms with Gasteiger partial charge in [-0.15, -0.1) is 0 Å². The van der Waals surface area contributed by atoms with Gasteiger partial charge in [0, 0.05) is 31.5 Å². The molecule has 20 heavy (non-hydrogen) atoms. The number of methoxy groups -OCH3 is 1. The molecule has 4 nitrogen and oxygen atoms in total. The Morgan fingerprint density at radius 3 is 2.70 bits per heavy atom. The standard InChI is InChI=1S/C16H21N3O/c1-19(11-13-6-8-18-9-7-13)12-16(17)14-4-3-5-15(10-14)20-2/h3-10,16H,11-12,17H2,1-2H3. The molecule has 2 N–H and O–H groups in total. The predicted molar refractivity (Wildman–Crippen MR) is 80.5 cm³/mol. The van der Waals surface area contributed by atoms with E-state index in [0.717, 1.165) is 24.4 Å². The van der Waals surface area contributed by atoms with E-state index in [9.17, 15) is 0 Å². The molecule has 0 aliphatic carbocycles. The Kier molecular flexibility index (Phi) is 5.09. The number of pyridine rings is 1. The van der Waals surface area contributed by atoms with E-state index >= 15 is 0 Å². The van der Waals surface area contributed by atoms with Crippen LogP contribution in [0.25, 0.3) is 0 Å². The van der Waals surface area contributed by atoms with E-state index in [4.69, 9.17) is 10.5 Å². The Balaban J connectivity index is 1.94. The average Bonchev–Trinajstić information content (AvgIpc) is 2.48. The van der Waals surface area contributed by atoms with Crippen molar-refractivity contribution >= 4 is 0 Å². The first-order chi connectivity index (χ1) is 9.69. The molecule has 0 radical (unpaired) electrons. The van der Waals surface area contributed by atoms with Crippen LogP contribution in [0.1, 0.15) is 17.2 Å². The van der Waals surface area contributed by atoms with Crippen molar-refractivity contribution in [2.24, 2.45) is 5.73 Å². The van der Waals surface area contributed by atoms with Crippen LogP contribution in [0.2, 0.25) is 0 Å². The number of nitrogens with zero attached hydrogens (tertiary/aromatic N) is 2. The monoisotopic (exact) mass is 271 g/mol. The summed E-state index contributed by atoms with van der Waals surface area (Å²) in [7, 11) is 3.74. The topological polar surface area (TPSA) is 51.4 Å². The summed E-state index contributed by atoms with van der Waals surface area (Å²) in [4.78, 5) is 6.23. The van der Waals surface area contributed by atoms with Crippen molar-refractivity contribution in [3.05, 3.63) is 59.9 Å². The summed E-state index contributed by atoms with van der Waals surface area (Å²) in [6, 6.07) is 11.9. The number of likely N-dealkylation sites (N-methyl/N-ethyl adjacent to an activating group) is 1. The van der Waals surface area contributed by atoms with E-state index in [1.807, 2.05) is 48.8 Å². The van der Waals surface area contributed by atoms with Gasteiger partial charge in [-0.2, -0.15) is 0 Å². The maximum atomic E-state index is 6.26. The summed E-state index contributed by atoms with van der Waals surface area (Å²) in [5.74, 6) is 0.842. The lowest BCUT2D eigenvalue weighted by atomic mass is 10.1. The maximum Gasteiger partial charge on any atom is 0.119 e. The number of rotatable bonds is 6. The molecule has 1 aromatic heterocycles. The first-order valence-electron chi connectivity index (χ1n) is 6.66. The summed E-state index contributed by atoms with van der Waals surface area (Å²) in [6.07, 6.45) is 3.62. The number of benzene rings is 1. The van der Waals surface area contributed by atoms with E-state index in [0.29, 0.717) is 0 Å². The van der Waals surface area contributed by atoms with E-state index in [1.165, 1.54) is 5.56 Å². The van der Waals surface area contributed by atoms with E-state index in [1.54, 1.807) is 7.11 Å². The van der Waals surface area contributed by atoms with Gasteiger partial charge < -0.3 is 15.4 Å². The minimum atomic E-state index is -0.0306. The van der Waals surface area contributed by atoms with Gasteiger partial charge in [0.15, 0.2) is 0 Å². The quantitative estimate of drug-likeness (QED) is 0.875. The van der Waals surface area contributed by atoms with Crippen LogP contribution in [0, 0.1) is 0 Å². The summed E-state index contributed by atoms with van der Waals surface area (Å²) in [5, 5.41) is 0. The van der Waals surface area contributed by atoms with E-state index in [-0.39, 0.29) is 6.04 Å². The molecule has 0 fully saturated rings. The number of hydrogen-bond acceptors (Lipinski definition) is 4. The Bertz CT molecular complexity index is 530. The van der Waals surface area contributed by atoms with Crippen molar-refractivity contribution < 1.29 is 4.74 Å². The Morgan fingerprint density at radius 2 is 2.00 bits per heavy atom. The lowest BCUT2D eigenvalue weighted by Crippen LogP contribution is -2.28. The van der Waals surface area contributed by atoms with Crippen molar-refractivity contribution in [1.29, 1.82) is 0 Å². The molecule has 1 aromatic carbocycles. The maximum absolute atomic E-state index is 6.26. The normalized spacial score (nSPS) is 12.4. The lowest BCUT2D eigenvalue weighted by Gasteiger charge is -2.21. The summed E-state index contributed by atoms with van der Waals surface area (Å²) >= 11 is 0. The Labute approximate surface area is 120 Å². The van der Waals surface area contributed by atoms with Crippen LogP contribution in [-0.4, -0.2) is 30.6 Å². The smallest absolute Gasteiger partial charge is 0.119 e. The predicted octanol–water partition coefficient (Wildman–Crippen LogP) is 2.22. The van der Waals surface area contributed by atoms with Crippen molar-refractivity contribution in [2.45, 2.75) is 12.6 Å². The second-order valence-corrected chi connectivity index (χ2v) is 4.94. The molecule has 1 atom stereocenters. The van der Waals surface area contributed by atoms with Gasteiger partial charge in [0.25, 0.3) is 0 Å². The molecule has 1 heterocycles. The highest BCUT2D eigenvalue weighted by Crippen LogP contribution is 2.18. The van der Waals surface area contributed by atoms with Crippen LogP contribution < -0.4 is 10.5 Å². The van der Waals surface area contributed by atoms with E-state index < -0.39 is 0 Å². The van der Waals surface area contributed by atoms with Crippen LogP contribution in [0.5, 0.6) is 5.75 Å². The van der Waals surface area contributed by atoms with Crippen LogP contribution in [-0.2, 0) is 6.54 Å². The molecule has 0 spiro atoms. The molecule has 0 saturated heterocycles. The largest absolute Gasteiger partial charge is 0.497 e. The van der Waals surface area contributed by atoms with Crippen LogP contribution in [0.4, 0.5) is 0 Å². The van der Waals surface area contributed by atoms with Gasteiger partial charge in [-0.05, 0) is 42.4 Å². The molecule has 0 aliphatic heterocycles. The third kappa shape index (κ3) is 4.05. The van der Waals surface area contributed by atoms with Crippen LogP contribution in [0.15, 0.2) is 48.8 Å². The molecule has 2 rings (SSSR count). The zero-order chi connectivity index (χ0) is 14.4. The molecule has 106 valence electrons. The van der Waals surface area contributed by atoms with Crippen LogP contribution in [0.3, 0.4) is 0 Å². The van der Waals surface area contributed by atoms with Gasteiger partial charge in [0.05, 0.1) is 7.11 Å². The fourth-order valence-corrected chi connectivity index (χ4v) is 2.18. The van der Waals surface area contributed by atoms with Gasteiger partial charge in [0.2, 0.25) is 0 Å². The van der Waals surface area contributed by atoms with Gasteiger partial charge in [-0.25, -0.2) is 0 Å². The Morgan fingerprint density at radius 1 is 1.25 bits per heavy atom. The second-order valence-electron chi connectivity index (χ2n) is 4.94. The summed E-state index contributed by atoms with van der Waals surface area (Å²) in [5.41, 5.74) is 8.59. The number of hydrogen-bond donors (Lipinski definition) is 1. The van der Waals surface area contributed by atoms with Crippen molar-refractivity contribution in [2.75, 3.05) is 20.7 Å². The third-order valence-electron chi connectivity index (χ3n) is 3.23. The molecule has 0 amide bonds. The number of aromatic nitrogens is 1. The molecular formula is C16H21N3O. The van der Waals surface area contributed by atoms with Crippen LogP contribution >= 0.6 is 0 Å². The van der Waals surface area contributed by atoms with Gasteiger partial charge in [-0.1, -0.05) is 12.1 Å². The van der Waals surface area contributed by atoms with Crippen molar-refractivity contribution in [3.63, 3.8) is 0 Å². The summed E-state index contributed by atoms with van der Waals surface area (Å²) < 4.78 is 5.23. The minimum absolute atomic E-state index is 0.0306. The molecule has 1 unspecified atom stereocenters. The highest BCUT2D eigenvalue weighted by Gasteiger charge is 2.10. The highest BCUT2D eigenvalue weighted by atomic mass is 16.5. The second kappa shape index (κ2) is 7.03. The molecule has 0 aliphatic rings. The molecule has 2 aromatic rings. The lowest BCUT2D eigenvalue weighted by molar-refractivity contribution is 0.305. The minimum Gasteiger partial charge on any atom is -0.497 e. The first kappa shape index (κ1) is 14.5. The zero-order valence-corrected chi connectivity index (χ0v) is 12.0. The zero-order valence-electron chi connectivity index (χ0n) is 12.0. The molecule has 0 bridgehead atoms.